The van der Waals surface area contributed by atoms with Crippen molar-refractivity contribution in [1.82, 2.24) is 35.1 Å². The molecule has 9 nitrogen and oxygen atoms in total. The average molecular weight is 327 g/mol. The molecule has 0 spiro atoms. The highest BCUT2D eigenvalue weighted by molar-refractivity contribution is 5.77. The monoisotopic (exact) mass is 327 g/mol. The first-order valence-electron chi connectivity index (χ1n) is 7.50. The molecule has 0 radical (unpaired) electrons. The summed E-state index contributed by atoms with van der Waals surface area (Å²) in [4.78, 5) is 15.7. The predicted molar refractivity (Wildman–Crippen MR) is 84.5 cm³/mol. The number of tetrazole rings is 1. The maximum absolute atomic E-state index is 11.7. The average Bonchev–Trinajstić information content (AvgIpc) is 3.31. The van der Waals surface area contributed by atoms with Gasteiger partial charge in [-0.3, -0.25) is 4.79 Å². The zero-order chi connectivity index (χ0) is 16.6. The third-order valence-corrected chi connectivity index (χ3v) is 3.29. The molecule has 0 bridgehead atoms. The van der Waals surface area contributed by atoms with E-state index in [1.165, 1.54) is 11.0 Å². The molecule has 0 aliphatic rings. The summed E-state index contributed by atoms with van der Waals surface area (Å²) in [6.07, 6.45) is 7.72. The summed E-state index contributed by atoms with van der Waals surface area (Å²) in [7, 11) is 0. The van der Waals surface area contributed by atoms with Crippen molar-refractivity contribution in [2.45, 2.75) is 13.0 Å². The van der Waals surface area contributed by atoms with Crippen molar-refractivity contribution >= 4 is 5.91 Å². The Morgan fingerprint density at radius 2 is 2.08 bits per heavy atom. The molecule has 0 saturated heterocycles. The van der Waals surface area contributed by atoms with Crippen molar-refractivity contribution in [2.75, 3.05) is 13.2 Å². The number of ether oxygens (including phenoxy) is 1. The molecular formula is C15H17N7O2. The summed E-state index contributed by atoms with van der Waals surface area (Å²) in [5.74, 6) is 0.463. The van der Waals surface area contributed by atoms with Gasteiger partial charge in [-0.25, -0.2) is 9.67 Å². The van der Waals surface area contributed by atoms with Crippen LogP contribution in [0.15, 0.2) is 49.3 Å². The van der Waals surface area contributed by atoms with Crippen molar-refractivity contribution in [2.24, 2.45) is 0 Å². The fourth-order valence-corrected chi connectivity index (χ4v) is 2.08. The second kappa shape index (κ2) is 7.86. The highest BCUT2D eigenvalue weighted by atomic mass is 16.5. The largest absolute Gasteiger partial charge is 0.484 e. The zero-order valence-electron chi connectivity index (χ0n) is 12.9. The smallest absolute Gasteiger partial charge is 0.257 e. The molecular weight excluding hydrogens is 310 g/mol. The third kappa shape index (κ3) is 4.38. The van der Waals surface area contributed by atoms with Gasteiger partial charge in [0.1, 0.15) is 12.1 Å². The number of aryl methyl sites for hydroxylation is 1. The topological polar surface area (TPSA) is 99.8 Å². The predicted octanol–water partition coefficient (Wildman–Crippen LogP) is 0.444. The van der Waals surface area contributed by atoms with Crippen molar-refractivity contribution in [3.05, 3.63) is 49.3 Å². The number of carbonyl (C=O) groups is 1. The van der Waals surface area contributed by atoms with Crippen LogP contribution < -0.4 is 10.1 Å². The number of benzene rings is 1. The van der Waals surface area contributed by atoms with Gasteiger partial charge in [0, 0.05) is 25.5 Å². The molecule has 0 aliphatic carbocycles. The fraction of sp³-hybridized carbons (Fsp3) is 0.267. The van der Waals surface area contributed by atoms with E-state index in [1.54, 1.807) is 24.7 Å². The second-order valence-corrected chi connectivity index (χ2v) is 5.04. The Hall–Kier alpha value is -3.23. The maximum Gasteiger partial charge on any atom is 0.257 e. The van der Waals surface area contributed by atoms with E-state index in [0.717, 1.165) is 18.7 Å². The molecule has 0 aliphatic heterocycles. The Morgan fingerprint density at radius 3 is 2.79 bits per heavy atom. The first-order chi connectivity index (χ1) is 11.8. The van der Waals surface area contributed by atoms with Crippen molar-refractivity contribution < 1.29 is 9.53 Å². The SMILES string of the molecule is O=C(COc1ccc(-n2cnnn2)cc1)NCCCn1ccnc1. The van der Waals surface area contributed by atoms with E-state index < -0.39 is 0 Å². The highest BCUT2D eigenvalue weighted by Crippen LogP contribution is 2.13. The number of hydrogen-bond donors (Lipinski definition) is 1. The van der Waals surface area contributed by atoms with Crippen LogP contribution in [0.2, 0.25) is 0 Å². The second-order valence-electron chi connectivity index (χ2n) is 5.04. The molecule has 124 valence electrons. The first kappa shape index (κ1) is 15.7. The summed E-state index contributed by atoms with van der Waals surface area (Å²) in [6.45, 7) is 1.40. The van der Waals surface area contributed by atoms with E-state index in [9.17, 15) is 4.79 Å². The molecule has 0 saturated carbocycles. The molecule has 3 rings (SSSR count). The summed E-state index contributed by atoms with van der Waals surface area (Å²) in [5, 5.41) is 13.8. The standard InChI is InChI=1S/C15H17N7O2/c23-15(17-6-1-8-21-9-7-16-11-21)10-24-14-4-2-13(3-5-14)22-12-18-19-20-22/h2-5,7,9,11-12H,1,6,8,10H2,(H,17,23). The van der Waals surface area contributed by atoms with Gasteiger partial charge in [0.05, 0.1) is 12.0 Å². The molecule has 0 fully saturated rings. The van der Waals surface area contributed by atoms with Crippen molar-refractivity contribution in [3.8, 4) is 11.4 Å². The normalized spacial score (nSPS) is 10.5. The van der Waals surface area contributed by atoms with Gasteiger partial charge in [0.25, 0.3) is 5.91 Å². The minimum atomic E-state index is -0.148. The van der Waals surface area contributed by atoms with Gasteiger partial charge in [-0.2, -0.15) is 0 Å². The fourth-order valence-electron chi connectivity index (χ4n) is 2.08. The van der Waals surface area contributed by atoms with Crippen LogP contribution in [-0.2, 0) is 11.3 Å². The van der Waals surface area contributed by atoms with E-state index in [2.05, 4.69) is 25.8 Å². The third-order valence-electron chi connectivity index (χ3n) is 3.29. The van der Waals surface area contributed by atoms with Gasteiger partial charge in [0.2, 0.25) is 0 Å². The lowest BCUT2D eigenvalue weighted by Gasteiger charge is -2.08. The Balaban J connectivity index is 1.36. The maximum atomic E-state index is 11.7. The molecule has 1 amide bonds. The lowest BCUT2D eigenvalue weighted by atomic mass is 10.3. The summed E-state index contributed by atoms with van der Waals surface area (Å²) < 4.78 is 8.96. The molecule has 0 atom stereocenters. The van der Waals surface area contributed by atoms with Crippen LogP contribution in [0.1, 0.15) is 6.42 Å². The number of nitrogens with zero attached hydrogens (tertiary/aromatic N) is 6. The Morgan fingerprint density at radius 1 is 1.21 bits per heavy atom. The van der Waals surface area contributed by atoms with Gasteiger partial charge in [-0.05, 0) is 41.1 Å². The number of rotatable bonds is 8. The van der Waals surface area contributed by atoms with E-state index in [0.29, 0.717) is 12.3 Å². The minimum absolute atomic E-state index is 0.0185. The molecule has 24 heavy (non-hydrogen) atoms. The summed E-state index contributed by atoms with van der Waals surface area (Å²) in [6, 6.07) is 7.16. The summed E-state index contributed by atoms with van der Waals surface area (Å²) >= 11 is 0. The summed E-state index contributed by atoms with van der Waals surface area (Å²) in [5.41, 5.74) is 0.816. The van der Waals surface area contributed by atoms with Crippen LogP contribution >= 0.6 is 0 Å². The van der Waals surface area contributed by atoms with Crippen LogP contribution in [0.5, 0.6) is 5.75 Å². The molecule has 1 N–H and O–H groups in total. The van der Waals surface area contributed by atoms with Gasteiger partial charge >= 0.3 is 0 Å². The number of hydrogen-bond acceptors (Lipinski definition) is 6. The zero-order valence-corrected chi connectivity index (χ0v) is 12.9. The van der Waals surface area contributed by atoms with Gasteiger partial charge in [-0.15, -0.1) is 5.10 Å². The van der Waals surface area contributed by atoms with Crippen LogP contribution in [0, 0.1) is 0 Å². The number of nitrogens with one attached hydrogen (secondary N) is 1. The van der Waals surface area contributed by atoms with Crippen LogP contribution in [-0.4, -0.2) is 48.8 Å². The molecule has 9 heteroatoms. The van der Waals surface area contributed by atoms with Gasteiger partial charge < -0.3 is 14.6 Å². The van der Waals surface area contributed by atoms with Crippen molar-refractivity contribution in [1.29, 1.82) is 0 Å². The van der Waals surface area contributed by atoms with Crippen molar-refractivity contribution in [3.63, 3.8) is 0 Å². The molecule has 2 aromatic heterocycles. The Bertz CT molecular complexity index is 739. The Kier molecular flexibility index (Phi) is 5.13. The lowest BCUT2D eigenvalue weighted by molar-refractivity contribution is -0.123. The number of aromatic nitrogens is 6. The van der Waals surface area contributed by atoms with E-state index in [1.807, 2.05) is 22.9 Å². The molecule has 2 heterocycles. The molecule has 1 aromatic carbocycles. The van der Waals surface area contributed by atoms with Gasteiger partial charge in [-0.1, -0.05) is 0 Å². The highest BCUT2D eigenvalue weighted by Gasteiger charge is 2.03. The van der Waals surface area contributed by atoms with E-state index in [4.69, 9.17) is 4.74 Å². The number of amides is 1. The minimum Gasteiger partial charge on any atom is -0.484 e. The van der Waals surface area contributed by atoms with Gasteiger partial charge in [0.15, 0.2) is 6.61 Å². The van der Waals surface area contributed by atoms with Crippen LogP contribution in [0.3, 0.4) is 0 Å². The van der Waals surface area contributed by atoms with Crippen LogP contribution in [0.25, 0.3) is 5.69 Å². The first-order valence-corrected chi connectivity index (χ1v) is 7.50. The Labute approximate surface area is 138 Å². The number of carbonyl (C=O) groups excluding carboxylic acids is 1. The quantitative estimate of drug-likeness (QED) is 0.603. The number of imidazole rings is 1. The van der Waals surface area contributed by atoms with Crippen LogP contribution in [0.4, 0.5) is 0 Å². The van der Waals surface area contributed by atoms with E-state index in [-0.39, 0.29) is 12.5 Å². The molecule has 0 unspecified atom stereocenters. The molecule has 3 aromatic rings. The van der Waals surface area contributed by atoms with E-state index >= 15 is 0 Å². The lowest BCUT2D eigenvalue weighted by Crippen LogP contribution is -2.30.